The molecule has 0 aromatic carbocycles. The fourth-order valence-electron chi connectivity index (χ4n) is 1.95. The number of hydrogen-bond donors (Lipinski definition) is 2. The van der Waals surface area contributed by atoms with Crippen molar-refractivity contribution in [3.63, 3.8) is 0 Å². The molecular formula is C17H25IN4OS. The van der Waals surface area contributed by atoms with Crippen molar-refractivity contribution in [2.75, 3.05) is 19.6 Å². The van der Waals surface area contributed by atoms with Gasteiger partial charge in [0.2, 0.25) is 0 Å². The third kappa shape index (κ3) is 7.48. The van der Waals surface area contributed by atoms with Crippen LogP contribution in [0, 0.1) is 0 Å². The van der Waals surface area contributed by atoms with Gasteiger partial charge in [0.1, 0.15) is 5.76 Å². The van der Waals surface area contributed by atoms with Crippen molar-refractivity contribution < 1.29 is 4.42 Å². The number of hydrogen-bond acceptors (Lipinski definition) is 4. The second kappa shape index (κ2) is 11.2. The molecule has 0 bridgehead atoms. The lowest BCUT2D eigenvalue weighted by Gasteiger charge is -2.13. The van der Waals surface area contributed by atoms with Crippen LogP contribution >= 0.6 is 35.3 Å². The summed E-state index contributed by atoms with van der Waals surface area (Å²) in [6.45, 7) is 10.2. The number of aromatic nitrogens is 1. The van der Waals surface area contributed by atoms with Gasteiger partial charge in [-0.15, -0.1) is 35.3 Å². The minimum atomic E-state index is 0. The Labute approximate surface area is 164 Å². The quantitative estimate of drug-likeness (QED) is 0.272. The normalized spacial score (nSPS) is 12.3. The molecule has 0 aliphatic heterocycles. The Bertz CT molecular complexity index is 611. The summed E-state index contributed by atoms with van der Waals surface area (Å²) in [6.07, 6.45) is 4.35. The fourth-order valence-corrected chi connectivity index (χ4v) is 2.64. The number of nitrogens with zero attached hydrogens (tertiary/aromatic N) is 2. The van der Waals surface area contributed by atoms with Crippen molar-refractivity contribution in [3.8, 4) is 0 Å². The summed E-state index contributed by atoms with van der Waals surface area (Å²) in [5, 5.41) is 9.74. The molecule has 7 heteroatoms. The SMILES string of the molecule is C=C(C)CNC(=NCC(C)c1nccs1)NCCc1ccco1.I. The van der Waals surface area contributed by atoms with E-state index in [0.717, 1.165) is 35.3 Å². The van der Waals surface area contributed by atoms with Crippen LogP contribution in [0.15, 0.2) is 51.5 Å². The van der Waals surface area contributed by atoms with E-state index < -0.39 is 0 Å². The summed E-state index contributed by atoms with van der Waals surface area (Å²) in [7, 11) is 0. The van der Waals surface area contributed by atoms with Crippen LogP contribution < -0.4 is 10.6 Å². The summed E-state index contributed by atoms with van der Waals surface area (Å²) in [4.78, 5) is 9.01. The average molecular weight is 460 g/mol. The molecule has 0 saturated carbocycles. The van der Waals surface area contributed by atoms with E-state index in [2.05, 4.69) is 34.1 Å². The number of aliphatic imine (C=N–C) groups is 1. The lowest BCUT2D eigenvalue weighted by Crippen LogP contribution is -2.39. The van der Waals surface area contributed by atoms with Crippen molar-refractivity contribution in [1.82, 2.24) is 15.6 Å². The van der Waals surface area contributed by atoms with Gasteiger partial charge in [-0.2, -0.15) is 0 Å². The first-order chi connectivity index (χ1) is 11.1. The second-order valence-corrected chi connectivity index (χ2v) is 6.45. The van der Waals surface area contributed by atoms with Gasteiger partial charge in [-0.05, 0) is 19.1 Å². The predicted octanol–water partition coefficient (Wildman–Crippen LogP) is 3.81. The van der Waals surface area contributed by atoms with Gasteiger partial charge in [0, 0.05) is 37.0 Å². The molecular weight excluding hydrogens is 435 g/mol. The molecule has 1 atom stereocenters. The Morgan fingerprint density at radius 2 is 2.29 bits per heavy atom. The summed E-state index contributed by atoms with van der Waals surface area (Å²) < 4.78 is 5.34. The first kappa shape index (κ1) is 20.7. The molecule has 0 spiro atoms. The van der Waals surface area contributed by atoms with Crippen LogP contribution in [0.3, 0.4) is 0 Å². The largest absolute Gasteiger partial charge is 0.469 e. The first-order valence-corrected chi connectivity index (χ1v) is 8.61. The molecule has 2 rings (SSSR count). The van der Waals surface area contributed by atoms with Gasteiger partial charge in [-0.25, -0.2) is 4.98 Å². The highest BCUT2D eigenvalue weighted by atomic mass is 127. The molecule has 5 nitrogen and oxygen atoms in total. The summed E-state index contributed by atoms with van der Waals surface area (Å²) in [6, 6.07) is 3.88. The lowest BCUT2D eigenvalue weighted by molar-refractivity contribution is 0.507. The average Bonchev–Trinajstić information content (AvgIpc) is 3.21. The molecule has 2 N–H and O–H groups in total. The minimum absolute atomic E-state index is 0. The van der Waals surface area contributed by atoms with Crippen LogP contribution in [-0.4, -0.2) is 30.6 Å². The van der Waals surface area contributed by atoms with E-state index in [1.54, 1.807) is 17.6 Å². The summed E-state index contributed by atoms with van der Waals surface area (Å²) >= 11 is 1.67. The number of halogens is 1. The molecule has 132 valence electrons. The number of rotatable bonds is 8. The zero-order chi connectivity index (χ0) is 16.5. The number of guanidine groups is 1. The molecule has 0 saturated heterocycles. The maximum absolute atomic E-state index is 5.34. The van der Waals surface area contributed by atoms with E-state index >= 15 is 0 Å². The fraction of sp³-hybridized carbons (Fsp3) is 0.412. The van der Waals surface area contributed by atoms with Gasteiger partial charge >= 0.3 is 0 Å². The monoisotopic (exact) mass is 460 g/mol. The van der Waals surface area contributed by atoms with Crippen LogP contribution in [-0.2, 0) is 6.42 Å². The maximum atomic E-state index is 5.34. The molecule has 2 heterocycles. The summed E-state index contributed by atoms with van der Waals surface area (Å²) in [5.74, 6) is 2.07. The molecule has 24 heavy (non-hydrogen) atoms. The predicted molar refractivity (Wildman–Crippen MR) is 111 cm³/mol. The van der Waals surface area contributed by atoms with Crippen molar-refractivity contribution in [2.24, 2.45) is 4.99 Å². The molecule has 1 unspecified atom stereocenters. The highest BCUT2D eigenvalue weighted by molar-refractivity contribution is 14.0. The third-order valence-electron chi connectivity index (χ3n) is 3.20. The topological polar surface area (TPSA) is 62.5 Å². The van der Waals surface area contributed by atoms with E-state index in [-0.39, 0.29) is 24.0 Å². The van der Waals surface area contributed by atoms with Crippen LogP contribution in [0.4, 0.5) is 0 Å². The standard InChI is InChI=1S/C17H24N4OS.HI/c1-13(2)11-20-17(19-7-6-15-5-4-9-22-15)21-12-14(3)16-18-8-10-23-16;/h4-5,8-10,14H,1,6-7,11-12H2,2-3H3,(H2,19,20,21);1H. The van der Waals surface area contributed by atoms with Crippen LogP contribution in [0.1, 0.15) is 30.5 Å². The Kier molecular flexibility index (Phi) is 9.70. The zero-order valence-electron chi connectivity index (χ0n) is 14.1. The van der Waals surface area contributed by atoms with Gasteiger partial charge < -0.3 is 15.1 Å². The maximum Gasteiger partial charge on any atom is 0.191 e. The smallest absolute Gasteiger partial charge is 0.191 e. The minimum Gasteiger partial charge on any atom is -0.469 e. The zero-order valence-corrected chi connectivity index (χ0v) is 17.3. The Morgan fingerprint density at radius 1 is 1.46 bits per heavy atom. The van der Waals surface area contributed by atoms with Crippen LogP contribution in [0.2, 0.25) is 0 Å². The first-order valence-electron chi connectivity index (χ1n) is 7.73. The van der Waals surface area contributed by atoms with E-state index in [9.17, 15) is 0 Å². The lowest BCUT2D eigenvalue weighted by atomic mass is 10.2. The van der Waals surface area contributed by atoms with Crippen molar-refractivity contribution >= 4 is 41.3 Å². The van der Waals surface area contributed by atoms with Gasteiger partial charge in [0.05, 0.1) is 17.8 Å². The van der Waals surface area contributed by atoms with Gasteiger partial charge in [0.15, 0.2) is 5.96 Å². The molecule has 0 amide bonds. The molecule has 2 aromatic heterocycles. The molecule has 0 radical (unpaired) electrons. The van der Waals surface area contributed by atoms with Crippen LogP contribution in [0.5, 0.6) is 0 Å². The van der Waals surface area contributed by atoms with Gasteiger partial charge in [0.25, 0.3) is 0 Å². The number of thiazole rings is 1. The highest BCUT2D eigenvalue weighted by Crippen LogP contribution is 2.17. The molecule has 0 fully saturated rings. The Hall–Kier alpha value is -1.35. The third-order valence-corrected chi connectivity index (χ3v) is 4.20. The Balaban J connectivity index is 0.00000288. The molecule has 0 aliphatic carbocycles. The van der Waals surface area contributed by atoms with Crippen molar-refractivity contribution in [1.29, 1.82) is 0 Å². The van der Waals surface area contributed by atoms with Gasteiger partial charge in [-0.1, -0.05) is 19.1 Å². The van der Waals surface area contributed by atoms with E-state index in [1.807, 2.05) is 30.6 Å². The van der Waals surface area contributed by atoms with E-state index in [0.29, 0.717) is 19.0 Å². The van der Waals surface area contributed by atoms with E-state index in [1.165, 1.54) is 0 Å². The highest BCUT2D eigenvalue weighted by Gasteiger charge is 2.08. The van der Waals surface area contributed by atoms with Crippen molar-refractivity contribution in [3.05, 3.63) is 52.9 Å². The number of furan rings is 1. The van der Waals surface area contributed by atoms with Crippen molar-refractivity contribution in [2.45, 2.75) is 26.2 Å². The molecule has 0 aliphatic rings. The van der Waals surface area contributed by atoms with E-state index in [4.69, 9.17) is 4.42 Å². The molecule has 2 aromatic rings. The number of nitrogens with one attached hydrogen (secondary N) is 2. The van der Waals surface area contributed by atoms with Gasteiger partial charge in [-0.3, -0.25) is 4.99 Å². The second-order valence-electron chi connectivity index (χ2n) is 5.53. The summed E-state index contributed by atoms with van der Waals surface area (Å²) in [5.41, 5.74) is 1.07. The Morgan fingerprint density at radius 3 is 2.92 bits per heavy atom. The van der Waals surface area contributed by atoms with Crippen LogP contribution in [0.25, 0.3) is 0 Å².